The van der Waals surface area contributed by atoms with E-state index in [0.717, 1.165) is 24.9 Å². The summed E-state index contributed by atoms with van der Waals surface area (Å²) in [6, 6.07) is 7.36. The van der Waals surface area contributed by atoms with Gasteiger partial charge < -0.3 is 10.2 Å². The van der Waals surface area contributed by atoms with Gasteiger partial charge in [0.1, 0.15) is 0 Å². The van der Waals surface area contributed by atoms with Crippen LogP contribution < -0.4 is 10.2 Å². The van der Waals surface area contributed by atoms with Crippen molar-refractivity contribution in [3.63, 3.8) is 0 Å². The number of hydrogen-bond acceptors (Lipinski definition) is 2. The van der Waals surface area contributed by atoms with Gasteiger partial charge in [0.15, 0.2) is 0 Å². The number of hydrogen-bond donors (Lipinski definition) is 1. The molecule has 4 heteroatoms. The number of anilines is 2. The molecule has 21 heavy (non-hydrogen) atoms. The first-order chi connectivity index (χ1) is 9.95. The van der Waals surface area contributed by atoms with Crippen LogP contribution in [0.3, 0.4) is 0 Å². The van der Waals surface area contributed by atoms with Crippen LogP contribution in [-0.2, 0) is 9.59 Å². The maximum Gasteiger partial charge on any atom is 0.224 e. The van der Waals surface area contributed by atoms with E-state index in [1.165, 1.54) is 11.8 Å². The minimum absolute atomic E-state index is 0.00250. The zero-order valence-electron chi connectivity index (χ0n) is 13.5. The van der Waals surface area contributed by atoms with Gasteiger partial charge in [-0.05, 0) is 24.5 Å². The Morgan fingerprint density at radius 1 is 1.29 bits per heavy atom. The maximum atomic E-state index is 12.0. The van der Waals surface area contributed by atoms with Crippen LogP contribution in [0.4, 0.5) is 11.4 Å². The van der Waals surface area contributed by atoms with Crippen molar-refractivity contribution in [3.8, 4) is 0 Å². The molecule has 116 valence electrons. The van der Waals surface area contributed by atoms with Gasteiger partial charge >= 0.3 is 0 Å². The molecule has 1 N–H and O–H groups in total. The van der Waals surface area contributed by atoms with Crippen LogP contribution in [0.1, 0.15) is 46.5 Å². The molecule has 0 aliphatic heterocycles. The Hall–Kier alpha value is -1.84. The van der Waals surface area contributed by atoms with Crippen LogP contribution in [0.5, 0.6) is 0 Å². The normalized spacial score (nSPS) is 11.8. The molecule has 0 fully saturated rings. The summed E-state index contributed by atoms with van der Waals surface area (Å²) in [5.74, 6) is 0.602. The second-order valence-electron chi connectivity index (χ2n) is 5.55. The fourth-order valence-electron chi connectivity index (χ4n) is 2.07. The van der Waals surface area contributed by atoms with Gasteiger partial charge in [-0.2, -0.15) is 0 Å². The van der Waals surface area contributed by atoms with Crippen molar-refractivity contribution < 1.29 is 9.59 Å². The second kappa shape index (κ2) is 8.45. The highest BCUT2D eigenvalue weighted by atomic mass is 16.2. The first-order valence-corrected chi connectivity index (χ1v) is 7.58. The molecular weight excluding hydrogens is 264 g/mol. The van der Waals surface area contributed by atoms with Crippen molar-refractivity contribution in [2.24, 2.45) is 5.92 Å². The van der Waals surface area contributed by atoms with Crippen LogP contribution in [0.2, 0.25) is 0 Å². The predicted molar refractivity (Wildman–Crippen MR) is 87.5 cm³/mol. The Morgan fingerprint density at radius 3 is 2.57 bits per heavy atom. The molecule has 2 amide bonds. The van der Waals surface area contributed by atoms with E-state index in [9.17, 15) is 9.59 Å². The van der Waals surface area contributed by atoms with Crippen molar-refractivity contribution in [2.45, 2.75) is 46.5 Å². The molecule has 0 aliphatic rings. The van der Waals surface area contributed by atoms with E-state index in [2.05, 4.69) is 19.2 Å². The van der Waals surface area contributed by atoms with E-state index < -0.39 is 0 Å². The summed E-state index contributed by atoms with van der Waals surface area (Å²) in [4.78, 5) is 25.0. The highest BCUT2D eigenvalue weighted by Crippen LogP contribution is 2.25. The van der Waals surface area contributed by atoms with Crippen molar-refractivity contribution in [1.29, 1.82) is 0 Å². The molecule has 0 saturated carbocycles. The lowest BCUT2D eigenvalue weighted by molar-refractivity contribution is -0.117. The molecule has 4 nitrogen and oxygen atoms in total. The Bertz CT molecular complexity index is 485. The van der Waals surface area contributed by atoms with Crippen LogP contribution in [-0.4, -0.2) is 18.9 Å². The molecular formula is C17H26N2O2. The maximum absolute atomic E-state index is 12.0. The molecule has 0 heterocycles. The van der Waals surface area contributed by atoms with Gasteiger partial charge in [0.25, 0.3) is 0 Å². The molecule has 0 aliphatic carbocycles. The highest BCUT2D eigenvalue weighted by molar-refractivity contribution is 5.99. The first-order valence-electron chi connectivity index (χ1n) is 7.58. The largest absolute Gasteiger partial charge is 0.324 e. The van der Waals surface area contributed by atoms with E-state index in [1.54, 1.807) is 7.05 Å². The highest BCUT2D eigenvalue weighted by Gasteiger charge is 2.12. The summed E-state index contributed by atoms with van der Waals surface area (Å²) in [6.07, 6.45) is 3.63. The predicted octanol–water partition coefficient (Wildman–Crippen LogP) is 3.82. The lowest BCUT2D eigenvalue weighted by atomic mass is 10.0. The van der Waals surface area contributed by atoms with Gasteiger partial charge in [0.2, 0.25) is 11.8 Å². The Labute approximate surface area is 127 Å². The summed E-state index contributed by atoms with van der Waals surface area (Å²) in [5, 5.41) is 2.91. The van der Waals surface area contributed by atoms with Crippen molar-refractivity contribution in [3.05, 3.63) is 24.3 Å². The average Bonchev–Trinajstić information content (AvgIpc) is 2.46. The van der Waals surface area contributed by atoms with E-state index in [-0.39, 0.29) is 11.8 Å². The summed E-state index contributed by atoms with van der Waals surface area (Å²) in [7, 11) is 1.70. The molecule has 1 atom stereocenters. The van der Waals surface area contributed by atoms with Crippen molar-refractivity contribution >= 4 is 23.2 Å². The van der Waals surface area contributed by atoms with Crippen LogP contribution in [0.15, 0.2) is 24.3 Å². The van der Waals surface area contributed by atoms with Gasteiger partial charge in [0.05, 0.1) is 11.4 Å². The molecule has 0 saturated heterocycles. The third kappa shape index (κ3) is 5.58. The zero-order chi connectivity index (χ0) is 15.8. The topological polar surface area (TPSA) is 49.4 Å². The molecule has 0 radical (unpaired) electrons. The summed E-state index contributed by atoms with van der Waals surface area (Å²) >= 11 is 0. The molecule has 1 aromatic rings. The summed E-state index contributed by atoms with van der Waals surface area (Å²) in [6.45, 7) is 5.87. The standard InChI is InChI=1S/C17H26N2O2/c1-5-13(2)9-8-12-17(21)18-15-10-6-7-11-16(15)19(4)14(3)20/h6-7,10-11,13H,5,8-9,12H2,1-4H3,(H,18,21). The number of para-hydroxylation sites is 2. The SMILES string of the molecule is CCC(C)CCCC(=O)Nc1ccccc1N(C)C(C)=O. The minimum atomic E-state index is -0.0616. The number of amides is 2. The van der Waals surface area contributed by atoms with Gasteiger partial charge in [0, 0.05) is 20.4 Å². The van der Waals surface area contributed by atoms with E-state index in [0.29, 0.717) is 18.0 Å². The van der Waals surface area contributed by atoms with Crippen LogP contribution >= 0.6 is 0 Å². The average molecular weight is 290 g/mol. The van der Waals surface area contributed by atoms with Gasteiger partial charge in [-0.15, -0.1) is 0 Å². The fraction of sp³-hybridized carbons (Fsp3) is 0.529. The van der Waals surface area contributed by atoms with E-state index >= 15 is 0 Å². The monoisotopic (exact) mass is 290 g/mol. The Kier molecular flexibility index (Phi) is 6.92. The molecule has 0 aromatic heterocycles. The first kappa shape index (κ1) is 17.2. The molecule has 1 unspecified atom stereocenters. The smallest absolute Gasteiger partial charge is 0.224 e. The molecule has 0 spiro atoms. The lowest BCUT2D eigenvalue weighted by Gasteiger charge is -2.19. The van der Waals surface area contributed by atoms with Crippen LogP contribution in [0.25, 0.3) is 0 Å². The van der Waals surface area contributed by atoms with Crippen molar-refractivity contribution in [2.75, 3.05) is 17.3 Å². The number of nitrogens with one attached hydrogen (secondary N) is 1. The molecule has 0 bridgehead atoms. The third-order valence-corrected chi connectivity index (χ3v) is 3.81. The number of carbonyl (C=O) groups is 2. The minimum Gasteiger partial charge on any atom is -0.324 e. The Balaban J connectivity index is 2.62. The second-order valence-corrected chi connectivity index (χ2v) is 5.55. The third-order valence-electron chi connectivity index (χ3n) is 3.81. The number of benzene rings is 1. The van der Waals surface area contributed by atoms with Gasteiger partial charge in [-0.1, -0.05) is 38.8 Å². The Morgan fingerprint density at radius 2 is 1.95 bits per heavy atom. The number of nitrogens with zero attached hydrogens (tertiary/aromatic N) is 1. The van der Waals surface area contributed by atoms with Crippen molar-refractivity contribution in [1.82, 2.24) is 0 Å². The quantitative estimate of drug-likeness (QED) is 0.829. The van der Waals surface area contributed by atoms with E-state index in [1.807, 2.05) is 24.3 Å². The van der Waals surface area contributed by atoms with E-state index in [4.69, 9.17) is 0 Å². The number of carbonyl (C=O) groups excluding carboxylic acids is 2. The van der Waals surface area contributed by atoms with Gasteiger partial charge in [-0.25, -0.2) is 0 Å². The lowest BCUT2D eigenvalue weighted by Crippen LogP contribution is -2.24. The molecule has 1 rings (SSSR count). The van der Waals surface area contributed by atoms with Crippen LogP contribution in [0, 0.1) is 5.92 Å². The fourth-order valence-corrected chi connectivity index (χ4v) is 2.07. The number of rotatable bonds is 7. The molecule has 1 aromatic carbocycles. The summed E-state index contributed by atoms with van der Waals surface area (Å²) in [5.41, 5.74) is 1.41. The summed E-state index contributed by atoms with van der Waals surface area (Å²) < 4.78 is 0. The zero-order valence-corrected chi connectivity index (χ0v) is 13.5. The van der Waals surface area contributed by atoms with Gasteiger partial charge in [-0.3, -0.25) is 9.59 Å².